The summed E-state index contributed by atoms with van der Waals surface area (Å²) in [5, 5.41) is 20.3. The zero-order chi connectivity index (χ0) is 25.4. The number of hydrogen-bond acceptors (Lipinski definition) is 6. The number of aryl methyl sites for hydroxylation is 2. The zero-order valence-electron chi connectivity index (χ0n) is 21.9. The van der Waals surface area contributed by atoms with Gasteiger partial charge in [0, 0.05) is 23.5 Å². The number of carboxylic acid groups (broad SMARTS) is 1. The average Bonchev–Trinajstić information content (AvgIpc) is 3.55. The van der Waals surface area contributed by atoms with Gasteiger partial charge in [-0.1, -0.05) is 24.3 Å². The van der Waals surface area contributed by atoms with Crippen molar-refractivity contribution in [3.63, 3.8) is 0 Å². The Hall–Kier alpha value is -2.51. The van der Waals surface area contributed by atoms with E-state index < -0.39 is 5.97 Å². The number of rotatable bonds is 9. The quantitative estimate of drug-likeness (QED) is 0.438. The summed E-state index contributed by atoms with van der Waals surface area (Å²) in [7, 11) is 0. The van der Waals surface area contributed by atoms with E-state index >= 15 is 0 Å². The summed E-state index contributed by atoms with van der Waals surface area (Å²) in [6.45, 7) is 6.91. The van der Waals surface area contributed by atoms with Crippen LogP contribution in [-0.2, 0) is 11.4 Å². The normalized spacial score (nSPS) is 16.5. The number of fused-ring (bicyclic) bond motifs is 1. The molecular weight excluding hydrogens is 479 g/mol. The van der Waals surface area contributed by atoms with Crippen LogP contribution in [0.5, 0.6) is 17.2 Å². The predicted molar refractivity (Wildman–Crippen MR) is 134 cm³/mol. The van der Waals surface area contributed by atoms with E-state index in [1.807, 2.05) is 36.4 Å². The fourth-order valence-electron chi connectivity index (χ4n) is 5.46. The molecule has 0 amide bonds. The van der Waals surface area contributed by atoms with Gasteiger partial charge in [0.15, 0.2) is 0 Å². The molecule has 7 heteroatoms. The molecular formula is C30H31NaO6. The Kier molecular flexibility index (Phi) is 8.24. The van der Waals surface area contributed by atoms with Crippen molar-refractivity contribution in [2.24, 2.45) is 0 Å². The molecule has 2 aliphatic rings. The van der Waals surface area contributed by atoms with Crippen LogP contribution in [0.25, 0.3) is 11.1 Å². The van der Waals surface area contributed by atoms with Gasteiger partial charge in [-0.05, 0) is 91.6 Å². The fourth-order valence-corrected chi connectivity index (χ4v) is 5.46. The van der Waals surface area contributed by atoms with E-state index in [-0.39, 0.29) is 60.7 Å². The molecule has 3 aromatic rings. The Morgan fingerprint density at radius 1 is 1.05 bits per heavy atom. The van der Waals surface area contributed by atoms with Crippen LogP contribution in [0.2, 0.25) is 0 Å². The Bertz CT molecular complexity index is 1290. The maximum absolute atomic E-state index is 11.3. The summed E-state index contributed by atoms with van der Waals surface area (Å²) < 4.78 is 18.0. The molecule has 0 radical (unpaired) electrons. The third kappa shape index (κ3) is 5.53. The van der Waals surface area contributed by atoms with Gasteiger partial charge in [-0.25, -0.2) is 0 Å². The molecule has 0 bridgehead atoms. The number of carbonyl (C=O) groups is 1. The third-order valence-corrected chi connectivity index (χ3v) is 7.40. The van der Waals surface area contributed by atoms with E-state index in [9.17, 15) is 9.90 Å². The monoisotopic (exact) mass is 510 g/mol. The molecule has 188 valence electrons. The number of aliphatic hydroxyl groups excluding tert-OH is 1. The van der Waals surface area contributed by atoms with Crippen molar-refractivity contribution in [2.75, 3.05) is 13.2 Å². The van der Waals surface area contributed by atoms with E-state index in [1.165, 1.54) is 5.56 Å². The zero-order valence-corrected chi connectivity index (χ0v) is 23.9. The van der Waals surface area contributed by atoms with Crippen LogP contribution in [0.3, 0.4) is 0 Å². The van der Waals surface area contributed by atoms with Gasteiger partial charge in [-0.2, -0.15) is 0 Å². The molecule has 1 N–H and O–H groups in total. The number of aliphatic carboxylic acids is 1. The molecule has 1 aliphatic heterocycles. The van der Waals surface area contributed by atoms with E-state index in [0.717, 1.165) is 57.7 Å². The Labute approximate surface area is 239 Å². The third-order valence-electron chi connectivity index (χ3n) is 7.40. The molecule has 5 rings (SSSR count). The predicted octanol–water partition coefficient (Wildman–Crippen LogP) is 1.38. The van der Waals surface area contributed by atoms with Crippen LogP contribution < -0.4 is 48.9 Å². The van der Waals surface area contributed by atoms with E-state index in [2.05, 4.69) is 32.9 Å². The van der Waals surface area contributed by atoms with Gasteiger partial charge in [-0.15, -0.1) is 0 Å². The SMILES string of the molecule is Cc1cc(OCCO)cc(C)c1-c1cccc(COc2ccc3c(c2)OC2(CC2)C3CC(=O)[O-])c1C.[Na+]. The number of carboxylic acids is 1. The minimum atomic E-state index is -1.05. The molecule has 1 spiro atoms. The summed E-state index contributed by atoms with van der Waals surface area (Å²) in [6.07, 6.45) is 1.72. The maximum Gasteiger partial charge on any atom is 1.00 e. The van der Waals surface area contributed by atoms with Gasteiger partial charge in [0.05, 0.1) is 6.61 Å². The van der Waals surface area contributed by atoms with Crippen molar-refractivity contribution in [3.8, 4) is 28.4 Å². The van der Waals surface area contributed by atoms with Gasteiger partial charge in [0.2, 0.25) is 0 Å². The molecule has 1 aliphatic carbocycles. The first kappa shape index (κ1) is 27.5. The van der Waals surface area contributed by atoms with Gasteiger partial charge in [0.1, 0.15) is 36.1 Å². The molecule has 1 heterocycles. The summed E-state index contributed by atoms with van der Waals surface area (Å²) in [4.78, 5) is 11.3. The van der Waals surface area contributed by atoms with Gasteiger partial charge >= 0.3 is 29.6 Å². The maximum atomic E-state index is 11.3. The van der Waals surface area contributed by atoms with Crippen molar-refractivity contribution in [1.29, 1.82) is 0 Å². The van der Waals surface area contributed by atoms with Crippen LogP contribution >= 0.6 is 0 Å². The molecule has 37 heavy (non-hydrogen) atoms. The smallest absolute Gasteiger partial charge is 0.550 e. The molecule has 1 atom stereocenters. The molecule has 6 nitrogen and oxygen atoms in total. The number of ether oxygens (including phenoxy) is 3. The van der Waals surface area contributed by atoms with E-state index in [4.69, 9.17) is 19.3 Å². The fraction of sp³-hybridized carbons (Fsp3) is 0.367. The van der Waals surface area contributed by atoms with Crippen molar-refractivity contribution in [3.05, 3.63) is 76.3 Å². The standard InChI is InChI=1S/C30H32O6.Na/c1-18-13-23(34-12-11-31)14-19(2)29(18)24-6-4-5-21(20(24)3)17-35-22-7-8-25-26(16-28(32)33)30(9-10-30)36-27(25)15-22;/h4-8,13-15,26,31H,9-12,16-17H2,1-3H3,(H,32,33);/q;+1/p-1. The first-order valence-electron chi connectivity index (χ1n) is 12.4. The molecule has 3 aromatic carbocycles. The van der Waals surface area contributed by atoms with E-state index in [0.29, 0.717) is 12.4 Å². The minimum Gasteiger partial charge on any atom is -0.550 e. The Morgan fingerprint density at radius 3 is 2.43 bits per heavy atom. The second-order valence-electron chi connectivity index (χ2n) is 9.88. The van der Waals surface area contributed by atoms with Crippen molar-refractivity contribution in [1.82, 2.24) is 0 Å². The summed E-state index contributed by atoms with van der Waals surface area (Å²) in [5.41, 5.74) is 7.33. The average molecular weight is 511 g/mol. The summed E-state index contributed by atoms with van der Waals surface area (Å²) in [6, 6.07) is 16.0. The topological polar surface area (TPSA) is 88.1 Å². The van der Waals surface area contributed by atoms with E-state index in [1.54, 1.807) is 0 Å². The number of carbonyl (C=O) groups excluding carboxylic acids is 1. The van der Waals surface area contributed by atoms with Crippen LogP contribution in [-0.4, -0.2) is 29.9 Å². The Balaban J connectivity index is 0.00000320. The molecule has 1 saturated carbocycles. The minimum absolute atomic E-state index is 0. The van der Waals surface area contributed by atoms with Gasteiger partial charge in [0.25, 0.3) is 0 Å². The first-order chi connectivity index (χ1) is 17.3. The van der Waals surface area contributed by atoms with Gasteiger partial charge in [-0.3, -0.25) is 0 Å². The van der Waals surface area contributed by atoms with Crippen LogP contribution in [0, 0.1) is 20.8 Å². The molecule has 0 aromatic heterocycles. The first-order valence-corrected chi connectivity index (χ1v) is 12.4. The number of hydrogen-bond donors (Lipinski definition) is 1. The van der Waals surface area contributed by atoms with Crippen molar-refractivity contribution in [2.45, 2.75) is 58.2 Å². The molecule has 1 fully saturated rings. The number of aliphatic hydroxyl groups is 1. The Morgan fingerprint density at radius 2 is 1.78 bits per heavy atom. The van der Waals surface area contributed by atoms with Crippen LogP contribution in [0.1, 0.15) is 53.0 Å². The summed E-state index contributed by atoms with van der Waals surface area (Å²) >= 11 is 0. The van der Waals surface area contributed by atoms with Crippen molar-refractivity contribution < 1.29 is 58.8 Å². The summed E-state index contributed by atoms with van der Waals surface area (Å²) in [5.74, 6) is 0.972. The second-order valence-corrected chi connectivity index (χ2v) is 9.88. The largest absolute Gasteiger partial charge is 1.00 e. The molecule has 1 unspecified atom stereocenters. The van der Waals surface area contributed by atoms with Crippen LogP contribution in [0.15, 0.2) is 48.5 Å². The number of benzene rings is 3. The van der Waals surface area contributed by atoms with Gasteiger partial charge < -0.3 is 29.2 Å². The van der Waals surface area contributed by atoms with Crippen LogP contribution in [0.4, 0.5) is 0 Å². The molecule has 0 saturated heterocycles. The second kappa shape index (κ2) is 11.1. The van der Waals surface area contributed by atoms with Crippen molar-refractivity contribution >= 4 is 5.97 Å².